The van der Waals surface area contributed by atoms with Gasteiger partial charge in [-0.3, -0.25) is 4.98 Å². The molecule has 2 amide bonds. The zero-order valence-electron chi connectivity index (χ0n) is 11.5. The molecule has 2 heterocycles. The molecule has 1 saturated carbocycles. The van der Waals surface area contributed by atoms with Gasteiger partial charge in [0.25, 0.3) is 0 Å². The number of carbonyl (C=O) groups is 1. The van der Waals surface area contributed by atoms with Gasteiger partial charge in [0.15, 0.2) is 0 Å². The quantitative estimate of drug-likeness (QED) is 0.883. The number of carbonyl (C=O) groups excluding carboxylic acids is 1. The van der Waals surface area contributed by atoms with E-state index in [2.05, 4.69) is 41.7 Å². The zero-order chi connectivity index (χ0) is 14.9. The number of aryl methyl sites for hydroxylation is 1. The Kier molecular flexibility index (Phi) is 3.62. The Labute approximate surface area is 130 Å². The lowest BCUT2D eigenvalue weighted by Crippen LogP contribution is -2.39. The number of nitrogens with zero attached hydrogens (tertiary/aromatic N) is 4. The second-order valence-corrected chi connectivity index (χ2v) is 6.05. The van der Waals surface area contributed by atoms with Gasteiger partial charge in [-0.15, -0.1) is 0 Å². The SMILES string of the molecule is Cc1ncc(Br)cc1NC(=O)NCC1(n2nccn2)CC1. The third-order valence-electron chi connectivity index (χ3n) is 3.55. The van der Waals surface area contributed by atoms with Crippen LogP contribution in [0.15, 0.2) is 29.1 Å². The van der Waals surface area contributed by atoms with Gasteiger partial charge in [-0.05, 0) is 41.8 Å². The summed E-state index contributed by atoms with van der Waals surface area (Å²) in [7, 11) is 0. The summed E-state index contributed by atoms with van der Waals surface area (Å²) >= 11 is 3.34. The van der Waals surface area contributed by atoms with Crippen molar-refractivity contribution in [2.75, 3.05) is 11.9 Å². The summed E-state index contributed by atoms with van der Waals surface area (Å²) in [5.41, 5.74) is 1.29. The summed E-state index contributed by atoms with van der Waals surface area (Å²) < 4.78 is 0.822. The lowest BCUT2D eigenvalue weighted by Gasteiger charge is -2.16. The molecule has 2 aromatic rings. The van der Waals surface area contributed by atoms with E-state index in [0.29, 0.717) is 12.2 Å². The first-order valence-electron chi connectivity index (χ1n) is 6.63. The number of nitrogens with one attached hydrogen (secondary N) is 2. The Balaban J connectivity index is 1.59. The van der Waals surface area contributed by atoms with Crippen LogP contribution in [0.2, 0.25) is 0 Å². The van der Waals surface area contributed by atoms with Gasteiger partial charge in [0, 0.05) is 17.2 Å². The van der Waals surface area contributed by atoms with Gasteiger partial charge in [-0.2, -0.15) is 15.0 Å². The third-order valence-corrected chi connectivity index (χ3v) is 3.98. The van der Waals surface area contributed by atoms with Crippen molar-refractivity contribution in [1.29, 1.82) is 0 Å². The number of hydrogen-bond acceptors (Lipinski definition) is 4. The molecule has 0 radical (unpaired) electrons. The molecule has 0 spiro atoms. The van der Waals surface area contributed by atoms with E-state index in [9.17, 15) is 4.79 Å². The molecule has 0 saturated heterocycles. The summed E-state index contributed by atoms with van der Waals surface area (Å²) in [6.07, 6.45) is 6.94. The maximum atomic E-state index is 12.0. The summed E-state index contributed by atoms with van der Waals surface area (Å²) in [6, 6.07) is 1.57. The Hall–Kier alpha value is -1.96. The van der Waals surface area contributed by atoms with E-state index >= 15 is 0 Å². The van der Waals surface area contributed by atoms with Crippen molar-refractivity contribution in [3.8, 4) is 0 Å². The van der Waals surface area contributed by atoms with E-state index in [4.69, 9.17) is 0 Å². The molecule has 0 unspecified atom stereocenters. The summed E-state index contributed by atoms with van der Waals surface area (Å²) in [5.74, 6) is 0. The first-order valence-corrected chi connectivity index (χ1v) is 7.42. The fourth-order valence-electron chi connectivity index (χ4n) is 2.10. The first kappa shape index (κ1) is 14.0. The highest BCUT2D eigenvalue weighted by molar-refractivity contribution is 9.10. The molecule has 0 aliphatic heterocycles. The van der Waals surface area contributed by atoms with Crippen LogP contribution in [0.1, 0.15) is 18.5 Å². The molecule has 110 valence electrons. The van der Waals surface area contributed by atoms with Crippen LogP contribution in [0, 0.1) is 6.92 Å². The molecular weight excluding hydrogens is 336 g/mol. The van der Waals surface area contributed by atoms with Crippen LogP contribution in [0.5, 0.6) is 0 Å². The van der Waals surface area contributed by atoms with E-state index < -0.39 is 0 Å². The van der Waals surface area contributed by atoms with Crippen molar-refractivity contribution in [3.63, 3.8) is 0 Å². The van der Waals surface area contributed by atoms with Gasteiger partial charge < -0.3 is 10.6 Å². The molecule has 7 nitrogen and oxygen atoms in total. The maximum Gasteiger partial charge on any atom is 0.319 e. The van der Waals surface area contributed by atoms with Crippen LogP contribution in [0.3, 0.4) is 0 Å². The second kappa shape index (κ2) is 5.44. The molecule has 2 N–H and O–H groups in total. The summed E-state index contributed by atoms with van der Waals surface area (Å²) in [5, 5.41) is 14.0. The minimum Gasteiger partial charge on any atom is -0.335 e. The van der Waals surface area contributed by atoms with Gasteiger partial charge in [0.2, 0.25) is 0 Å². The standard InChI is InChI=1S/C13H15BrN6O/c1-9-11(6-10(14)7-15-9)19-12(21)16-8-13(2-3-13)20-17-4-5-18-20/h4-7H,2-3,8H2,1H3,(H2,16,19,21). The average Bonchev–Trinajstić information content (AvgIpc) is 3.04. The second-order valence-electron chi connectivity index (χ2n) is 5.14. The van der Waals surface area contributed by atoms with Gasteiger partial charge in [-0.25, -0.2) is 4.79 Å². The molecule has 0 bridgehead atoms. The lowest BCUT2D eigenvalue weighted by molar-refractivity contribution is 0.247. The number of urea groups is 1. The van der Waals surface area contributed by atoms with Crippen molar-refractivity contribution < 1.29 is 4.79 Å². The highest BCUT2D eigenvalue weighted by Gasteiger charge is 2.46. The molecule has 1 aliphatic carbocycles. The van der Waals surface area contributed by atoms with Gasteiger partial charge in [-0.1, -0.05) is 0 Å². The number of hydrogen-bond donors (Lipinski definition) is 2. The molecule has 1 fully saturated rings. The first-order chi connectivity index (χ1) is 10.1. The number of amides is 2. The molecule has 1 aliphatic rings. The van der Waals surface area contributed by atoms with Crippen molar-refractivity contribution in [2.24, 2.45) is 0 Å². The minimum absolute atomic E-state index is 0.161. The average molecular weight is 351 g/mol. The molecule has 8 heteroatoms. The Morgan fingerprint density at radius 3 is 2.81 bits per heavy atom. The number of pyridine rings is 1. The summed E-state index contributed by atoms with van der Waals surface area (Å²) in [6.45, 7) is 2.35. The molecule has 2 aromatic heterocycles. The lowest BCUT2D eigenvalue weighted by atomic mass is 10.3. The molecule has 0 aromatic carbocycles. The monoisotopic (exact) mass is 350 g/mol. The highest BCUT2D eigenvalue weighted by atomic mass is 79.9. The van der Waals surface area contributed by atoms with E-state index in [-0.39, 0.29) is 11.6 Å². The Bertz CT molecular complexity index is 653. The van der Waals surface area contributed by atoms with Gasteiger partial charge >= 0.3 is 6.03 Å². The van der Waals surface area contributed by atoms with E-state index in [1.807, 2.05) is 13.0 Å². The van der Waals surface area contributed by atoms with Crippen LogP contribution in [-0.2, 0) is 5.54 Å². The van der Waals surface area contributed by atoms with Crippen LogP contribution in [-0.4, -0.2) is 32.6 Å². The largest absolute Gasteiger partial charge is 0.335 e. The normalized spacial score (nSPS) is 15.5. The van der Waals surface area contributed by atoms with E-state index in [1.165, 1.54) is 0 Å². The number of halogens is 1. The molecule has 3 rings (SSSR count). The van der Waals surface area contributed by atoms with Crippen LogP contribution in [0.4, 0.5) is 10.5 Å². The highest BCUT2D eigenvalue weighted by Crippen LogP contribution is 2.41. The molecular formula is C13H15BrN6O. The smallest absolute Gasteiger partial charge is 0.319 e. The topological polar surface area (TPSA) is 84.7 Å². The predicted octanol–water partition coefficient (Wildman–Crippen LogP) is 2.05. The van der Waals surface area contributed by atoms with Crippen molar-refractivity contribution in [3.05, 3.63) is 34.8 Å². The Morgan fingerprint density at radius 2 is 2.14 bits per heavy atom. The van der Waals surface area contributed by atoms with Crippen molar-refractivity contribution in [1.82, 2.24) is 25.3 Å². The fraction of sp³-hybridized carbons (Fsp3) is 0.385. The van der Waals surface area contributed by atoms with Crippen molar-refractivity contribution >= 4 is 27.6 Å². The number of anilines is 1. The van der Waals surface area contributed by atoms with Crippen LogP contribution >= 0.6 is 15.9 Å². The summed E-state index contributed by atoms with van der Waals surface area (Å²) in [4.78, 5) is 17.9. The van der Waals surface area contributed by atoms with Crippen LogP contribution < -0.4 is 10.6 Å². The third kappa shape index (κ3) is 3.05. The number of rotatable bonds is 4. The Morgan fingerprint density at radius 1 is 1.43 bits per heavy atom. The van der Waals surface area contributed by atoms with Crippen molar-refractivity contribution in [2.45, 2.75) is 25.3 Å². The number of aromatic nitrogens is 4. The van der Waals surface area contributed by atoms with E-state index in [0.717, 1.165) is 23.0 Å². The van der Waals surface area contributed by atoms with Crippen LogP contribution in [0.25, 0.3) is 0 Å². The minimum atomic E-state index is -0.253. The predicted molar refractivity (Wildman–Crippen MR) is 80.9 cm³/mol. The molecule has 0 atom stereocenters. The fourth-order valence-corrected chi connectivity index (χ4v) is 2.43. The van der Waals surface area contributed by atoms with Gasteiger partial charge in [0.05, 0.1) is 29.3 Å². The molecule has 21 heavy (non-hydrogen) atoms. The zero-order valence-corrected chi connectivity index (χ0v) is 13.1. The van der Waals surface area contributed by atoms with E-state index in [1.54, 1.807) is 23.4 Å². The van der Waals surface area contributed by atoms with Gasteiger partial charge in [0.1, 0.15) is 0 Å². The maximum absolute atomic E-state index is 12.0.